The van der Waals surface area contributed by atoms with Crippen LogP contribution in [0.4, 0.5) is 0 Å². The molecule has 0 aliphatic rings. The molecule has 0 aromatic carbocycles. The van der Waals surface area contributed by atoms with Crippen LogP contribution in [0, 0.1) is 5.21 Å². The molecule has 0 aliphatic carbocycles. The molecule has 0 aliphatic heterocycles. The summed E-state index contributed by atoms with van der Waals surface area (Å²) in [5.74, 6) is 0. The first kappa shape index (κ1) is 7.76. The maximum atomic E-state index is 10.1. The zero-order valence-electron chi connectivity index (χ0n) is 4.76. The van der Waals surface area contributed by atoms with E-state index in [2.05, 4.69) is 21.4 Å². The van der Waals surface area contributed by atoms with Crippen LogP contribution < -0.4 is 16.4 Å². The summed E-state index contributed by atoms with van der Waals surface area (Å²) in [4.78, 5) is 4.15. The van der Waals surface area contributed by atoms with Gasteiger partial charge in [-0.15, -0.1) is 5.59 Å². The smallest absolute Gasteiger partial charge is 0.000778 e. The Morgan fingerprint density at radius 2 is 2.12 bits per heavy atom. The Bertz CT molecular complexity index is 51.3. The van der Waals surface area contributed by atoms with E-state index in [9.17, 15) is 5.21 Å². The van der Waals surface area contributed by atoms with Crippen LogP contribution in [-0.4, -0.2) is 19.4 Å². The summed E-state index contributed by atoms with van der Waals surface area (Å²) in [7, 11) is 3.01. The lowest BCUT2D eigenvalue weighted by atomic mass is 11.5. The van der Waals surface area contributed by atoms with Crippen LogP contribution >= 0.6 is 0 Å². The minimum atomic E-state index is 0.163. The summed E-state index contributed by atoms with van der Waals surface area (Å²) in [6.07, 6.45) is 0. The summed E-state index contributed by atoms with van der Waals surface area (Å²) in [6, 6.07) is 0. The normalized spacial score (nSPS) is 10.5. The zero-order valence-corrected chi connectivity index (χ0v) is 4.76. The molecule has 0 radical (unpaired) electrons. The predicted molar refractivity (Wildman–Crippen MR) is 27.5 cm³/mol. The third-order valence-electron chi connectivity index (χ3n) is 0.413. The molecule has 0 heterocycles. The number of nitrogens with zero attached hydrogens (tertiary/aromatic N) is 1. The van der Waals surface area contributed by atoms with Crippen LogP contribution in [0.2, 0.25) is 0 Å². The molecule has 6 nitrogen and oxygen atoms in total. The lowest BCUT2D eigenvalue weighted by Crippen LogP contribution is -2.39. The molecule has 0 unspecified atom stereocenters. The maximum absolute atomic E-state index is 10.1. The van der Waals surface area contributed by atoms with Crippen molar-refractivity contribution < 1.29 is 4.94 Å². The number of hydrogen-bond donors (Lipinski definition) is 3. The van der Waals surface area contributed by atoms with Crippen LogP contribution in [0.3, 0.4) is 0 Å². The highest BCUT2D eigenvalue weighted by molar-refractivity contribution is 4.21. The van der Waals surface area contributed by atoms with Gasteiger partial charge >= 0.3 is 0 Å². The fourth-order valence-corrected chi connectivity index (χ4v) is 0.133. The largest absolute Gasteiger partial charge is 0.746 e. The van der Waals surface area contributed by atoms with Crippen LogP contribution in [0.15, 0.2) is 0 Å². The van der Waals surface area contributed by atoms with E-state index in [0.717, 1.165) is 0 Å². The van der Waals surface area contributed by atoms with Gasteiger partial charge in [-0.05, 0) is 0 Å². The average Bonchev–Trinajstić information content (AvgIpc) is 1.83. The SMILES string of the molecule is CNNON([O-])NC. The average molecular weight is 121 g/mol. The molecular formula is C2H9N4O2-. The standard InChI is InChI=1S/C2H9N4O2/c1-3-5-8-6(7)4-2/h3-5H,1-2H3/q-1. The highest BCUT2D eigenvalue weighted by Crippen LogP contribution is 1.67. The summed E-state index contributed by atoms with van der Waals surface area (Å²) in [5, 5.41) is 10.2. The van der Waals surface area contributed by atoms with Gasteiger partial charge in [-0.1, -0.05) is 0 Å². The lowest BCUT2D eigenvalue weighted by molar-refractivity contribution is -0.216. The van der Waals surface area contributed by atoms with Gasteiger partial charge in [0.25, 0.3) is 0 Å². The summed E-state index contributed by atoms with van der Waals surface area (Å²) in [6.45, 7) is 0. The maximum Gasteiger partial charge on any atom is 0.000778 e. The minimum absolute atomic E-state index is 0.163. The molecule has 0 spiro atoms. The van der Waals surface area contributed by atoms with Gasteiger partial charge in [0.2, 0.25) is 0 Å². The van der Waals surface area contributed by atoms with Gasteiger partial charge in [0, 0.05) is 14.1 Å². The Hall–Kier alpha value is -0.240. The van der Waals surface area contributed by atoms with Crippen molar-refractivity contribution in [1.29, 1.82) is 0 Å². The van der Waals surface area contributed by atoms with Gasteiger partial charge in [-0.25, -0.2) is 10.9 Å². The van der Waals surface area contributed by atoms with Crippen molar-refractivity contribution >= 4 is 0 Å². The molecule has 0 rings (SSSR count). The van der Waals surface area contributed by atoms with Crippen molar-refractivity contribution in [2.24, 2.45) is 0 Å². The Balaban J connectivity index is 2.86. The molecule has 0 bridgehead atoms. The van der Waals surface area contributed by atoms with Gasteiger partial charge in [-0.2, -0.15) is 10.3 Å². The first-order valence-corrected chi connectivity index (χ1v) is 2.04. The lowest BCUT2D eigenvalue weighted by Gasteiger charge is -2.23. The molecule has 0 atom stereocenters. The molecule has 3 N–H and O–H groups in total. The third kappa shape index (κ3) is 3.93. The predicted octanol–water partition coefficient (Wildman–Crippen LogP) is -1.51. The molecule has 6 heteroatoms. The van der Waals surface area contributed by atoms with Crippen molar-refractivity contribution in [3.05, 3.63) is 5.21 Å². The van der Waals surface area contributed by atoms with Crippen molar-refractivity contribution in [2.45, 2.75) is 0 Å². The van der Waals surface area contributed by atoms with E-state index in [0.29, 0.717) is 0 Å². The molecule has 0 saturated carbocycles. The van der Waals surface area contributed by atoms with Gasteiger partial charge in [0.1, 0.15) is 0 Å². The monoisotopic (exact) mass is 121 g/mol. The Labute approximate surface area is 47.2 Å². The molecular weight excluding hydrogens is 112 g/mol. The van der Waals surface area contributed by atoms with Crippen molar-refractivity contribution in [2.75, 3.05) is 14.1 Å². The van der Waals surface area contributed by atoms with E-state index in [-0.39, 0.29) is 5.34 Å². The summed E-state index contributed by atoms with van der Waals surface area (Å²) < 4.78 is 0. The van der Waals surface area contributed by atoms with Crippen molar-refractivity contribution in [3.63, 3.8) is 0 Å². The van der Waals surface area contributed by atoms with Crippen LogP contribution in [0.25, 0.3) is 0 Å². The zero-order chi connectivity index (χ0) is 6.41. The van der Waals surface area contributed by atoms with E-state index in [1.807, 2.05) is 0 Å². The van der Waals surface area contributed by atoms with E-state index < -0.39 is 0 Å². The highest BCUT2D eigenvalue weighted by atomic mass is 17.0. The van der Waals surface area contributed by atoms with Gasteiger partial charge in [0.05, 0.1) is 0 Å². The molecule has 50 valence electrons. The topological polar surface area (TPSA) is 71.6 Å². The van der Waals surface area contributed by atoms with E-state index >= 15 is 0 Å². The van der Waals surface area contributed by atoms with Gasteiger partial charge in [0.15, 0.2) is 0 Å². The Morgan fingerprint density at radius 3 is 2.50 bits per heavy atom. The number of hydrogen-bond acceptors (Lipinski definition) is 6. The second-order valence-corrected chi connectivity index (χ2v) is 0.924. The third-order valence-corrected chi connectivity index (χ3v) is 0.413. The number of rotatable bonds is 4. The molecule has 0 saturated heterocycles. The fourth-order valence-electron chi connectivity index (χ4n) is 0.133. The summed E-state index contributed by atoms with van der Waals surface area (Å²) in [5.41, 5.74) is 6.63. The molecule has 0 aromatic heterocycles. The molecule has 0 aromatic rings. The second-order valence-electron chi connectivity index (χ2n) is 0.924. The highest BCUT2D eigenvalue weighted by Gasteiger charge is 1.78. The van der Waals surface area contributed by atoms with E-state index in [1.54, 1.807) is 7.05 Å². The van der Waals surface area contributed by atoms with Crippen LogP contribution in [0.5, 0.6) is 0 Å². The Morgan fingerprint density at radius 1 is 1.50 bits per heavy atom. The van der Waals surface area contributed by atoms with E-state index in [4.69, 9.17) is 0 Å². The van der Waals surface area contributed by atoms with Crippen LogP contribution in [-0.2, 0) is 4.94 Å². The van der Waals surface area contributed by atoms with E-state index in [1.165, 1.54) is 7.05 Å². The minimum Gasteiger partial charge on any atom is -0.746 e. The molecule has 8 heavy (non-hydrogen) atoms. The number of nitrogens with one attached hydrogen (secondary N) is 3. The van der Waals surface area contributed by atoms with Crippen molar-refractivity contribution in [1.82, 2.24) is 21.8 Å². The summed E-state index contributed by atoms with van der Waals surface area (Å²) >= 11 is 0. The molecule has 0 amide bonds. The quantitative estimate of drug-likeness (QED) is 0.393. The first-order chi connectivity index (χ1) is 3.81. The molecule has 0 fully saturated rings. The van der Waals surface area contributed by atoms with Crippen molar-refractivity contribution in [3.8, 4) is 0 Å². The first-order valence-electron chi connectivity index (χ1n) is 2.04. The van der Waals surface area contributed by atoms with Gasteiger partial charge < -0.3 is 5.21 Å². The number of hydrazine groups is 2. The van der Waals surface area contributed by atoms with Crippen LogP contribution in [0.1, 0.15) is 0 Å². The van der Waals surface area contributed by atoms with Gasteiger partial charge in [-0.3, -0.25) is 0 Å². The Kier molecular flexibility index (Phi) is 4.76. The fraction of sp³-hybridized carbons (Fsp3) is 1.00. The second kappa shape index (κ2) is 4.91.